The molecule has 0 saturated carbocycles. The number of rotatable bonds is 1. The van der Waals surface area contributed by atoms with Crippen LogP contribution in [0.3, 0.4) is 0 Å². The topological polar surface area (TPSA) is 35.5 Å². The predicted molar refractivity (Wildman–Crippen MR) is 76.9 cm³/mol. The number of carbonyl (C=O) groups excluding carboxylic acids is 1. The van der Waals surface area contributed by atoms with Crippen LogP contribution in [0.1, 0.15) is 46.5 Å². The molecule has 0 radical (unpaired) electrons. The molecule has 2 bridgehead atoms. The lowest BCUT2D eigenvalue weighted by molar-refractivity contribution is -0.208. The first-order valence-corrected chi connectivity index (χ1v) is 7.60. The molecular weight excluding hydrogens is 252 g/mol. The van der Waals surface area contributed by atoms with E-state index >= 15 is 0 Å². The molecule has 0 aromatic rings. The van der Waals surface area contributed by atoms with Crippen LogP contribution in [-0.2, 0) is 14.3 Å². The summed E-state index contributed by atoms with van der Waals surface area (Å²) in [6, 6.07) is 0. The molecule has 0 amide bonds. The van der Waals surface area contributed by atoms with Gasteiger partial charge in [-0.05, 0) is 43.9 Å². The lowest BCUT2D eigenvalue weighted by Gasteiger charge is -2.40. The molecule has 1 aliphatic heterocycles. The van der Waals surface area contributed by atoms with Crippen LogP contribution in [0, 0.1) is 17.3 Å². The zero-order valence-electron chi connectivity index (χ0n) is 12.9. The summed E-state index contributed by atoms with van der Waals surface area (Å²) in [6.07, 6.45) is 8.04. The number of ether oxygens (including phenoxy) is 2. The van der Waals surface area contributed by atoms with E-state index in [1.165, 1.54) is 5.57 Å². The van der Waals surface area contributed by atoms with Crippen LogP contribution < -0.4 is 0 Å². The Labute approximate surface area is 121 Å². The average molecular weight is 276 g/mol. The molecule has 110 valence electrons. The Hall–Kier alpha value is -1.09. The molecule has 3 unspecified atom stereocenters. The van der Waals surface area contributed by atoms with Crippen LogP contribution in [0.5, 0.6) is 0 Å². The predicted octanol–water partition coefficient (Wildman–Crippen LogP) is 3.60. The third kappa shape index (κ3) is 1.72. The molecule has 20 heavy (non-hydrogen) atoms. The van der Waals surface area contributed by atoms with Gasteiger partial charge in [0.1, 0.15) is 0 Å². The van der Waals surface area contributed by atoms with Crippen molar-refractivity contribution < 1.29 is 14.3 Å². The fourth-order valence-electron chi connectivity index (χ4n) is 4.22. The Bertz CT molecular complexity index is 504. The number of allylic oxidation sites excluding steroid dienone is 1. The molecule has 2 aliphatic carbocycles. The second-order valence-corrected chi connectivity index (χ2v) is 6.81. The van der Waals surface area contributed by atoms with E-state index in [4.69, 9.17) is 9.47 Å². The molecule has 3 aliphatic rings. The van der Waals surface area contributed by atoms with Crippen LogP contribution >= 0.6 is 0 Å². The van der Waals surface area contributed by atoms with E-state index < -0.39 is 5.79 Å². The van der Waals surface area contributed by atoms with E-state index in [9.17, 15) is 4.79 Å². The zero-order chi connectivity index (χ0) is 14.5. The first-order chi connectivity index (χ1) is 9.42. The third-order valence-corrected chi connectivity index (χ3v) is 6.05. The molecule has 0 spiro atoms. The summed E-state index contributed by atoms with van der Waals surface area (Å²) in [5.41, 5.74) is 2.67. The van der Waals surface area contributed by atoms with Crippen molar-refractivity contribution in [3.05, 3.63) is 23.3 Å². The molecule has 0 fully saturated rings. The largest absolute Gasteiger partial charge is 0.425 e. The first-order valence-electron chi connectivity index (χ1n) is 7.60. The highest BCUT2D eigenvalue weighted by Gasteiger charge is 2.53. The van der Waals surface area contributed by atoms with Crippen LogP contribution in [0.15, 0.2) is 23.3 Å². The van der Waals surface area contributed by atoms with Gasteiger partial charge in [0.15, 0.2) is 0 Å². The fourth-order valence-corrected chi connectivity index (χ4v) is 4.22. The van der Waals surface area contributed by atoms with Gasteiger partial charge in [-0.2, -0.15) is 0 Å². The zero-order valence-corrected chi connectivity index (χ0v) is 12.9. The number of fused-ring (bicyclic) bond motifs is 4. The molecule has 3 heteroatoms. The molecule has 0 N–H and O–H groups in total. The Balaban J connectivity index is 2.13. The molecular formula is C17H24O3. The Morgan fingerprint density at radius 3 is 2.85 bits per heavy atom. The van der Waals surface area contributed by atoms with Crippen LogP contribution in [0.2, 0.25) is 0 Å². The van der Waals surface area contributed by atoms with Gasteiger partial charge in [0.05, 0.1) is 0 Å². The minimum atomic E-state index is -0.844. The van der Waals surface area contributed by atoms with Crippen LogP contribution in [-0.4, -0.2) is 18.9 Å². The Morgan fingerprint density at radius 1 is 1.40 bits per heavy atom. The SMILES string of the molecule is CO[C@]12OC(=O)C=C1CCC1(C)C(C)=CC2CCC1C. The van der Waals surface area contributed by atoms with Gasteiger partial charge in [0.2, 0.25) is 5.79 Å². The number of carbonyl (C=O) groups is 1. The maximum Gasteiger partial charge on any atom is 0.333 e. The van der Waals surface area contributed by atoms with E-state index in [1.54, 1.807) is 13.2 Å². The van der Waals surface area contributed by atoms with Crippen molar-refractivity contribution in [2.45, 2.75) is 52.2 Å². The number of hydrogen-bond donors (Lipinski definition) is 0. The van der Waals surface area contributed by atoms with Gasteiger partial charge < -0.3 is 9.47 Å². The second kappa shape index (κ2) is 4.45. The monoisotopic (exact) mass is 276 g/mol. The number of esters is 1. The van der Waals surface area contributed by atoms with Gasteiger partial charge in [0.25, 0.3) is 0 Å². The van der Waals surface area contributed by atoms with Gasteiger partial charge in [-0.15, -0.1) is 0 Å². The fraction of sp³-hybridized carbons (Fsp3) is 0.706. The van der Waals surface area contributed by atoms with Gasteiger partial charge in [-0.25, -0.2) is 4.79 Å². The second-order valence-electron chi connectivity index (χ2n) is 6.81. The quantitative estimate of drug-likeness (QED) is 0.542. The van der Waals surface area contributed by atoms with Gasteiger partial charge in [-0.1, -0.05) is 25.5 Å². The van der Waals surface area contributed by atoms with Crippen molar-refractivity contribution in [3.63, 3.8) is 0 Å². The molecule has 4 atom stereocenters. The molecule has 3 nitrogen and oxygen atoms in total. The van der Waals surface area contributed by atoms with Gasteiger partial charge in [0, 0.05) is 24.7 Å². The maximum absolute atomic E-state index is 11.8. The summed E-state index contributed by atoms with van der Waals surface area (Å²) in [5.74, 6) is -0.318. The van der Waals surface area contributed by atoms with Crippen LogP contribution in [0.25, 0.3) is 0 Å². The summed E-state index contributed by atoms with van der Waals surface area (Å²) in [6.45, 7) is 6.94. The first kappa shape index (κ1) is 13.9. The third-order valence-electron chi connectivity index (χ3n) is 6.05. The van der Waals surface area contributed by atoms with Crippen molar-refractivity contribution in [2.75, 3.05) is 7.11 Å². The normalized spacial score (nSPS) is 43.9. The van der Waals surface area contributed by atoms with E-state index in [1.807, 2.05) is 0 Å². The minimum absolute atomic E-state index is 0.134. The van der Waals surface area contributed by atoms with E-state index in [2.05, 4.69) is 26.8 Å². The van der Waals surface area contributed by atoms with Gasteiger partial charge in [-0.3, -0.25) is 0 Å². The highest BCUT2D eigenvalue weighted by Crippen LogP contribution is 2.53. The van der Waals surface area contributed by atoms with Crippen molar-refractivity contribution in [3.8, 4) is 0 Å². The number of hydrogen-bond acceptors (Lipinski definition) is 3. The smallest absolute Gasteiger partial charge is 0.333 e. The Kier molecular flexibility index (Phi) is 3.09. The standard InChI is InChI=1S/C17H24O3/c1-11-5-6-13-9-12(2)16(11,3)8-7-14-10-15(18)20-17(13,14)19-4/h9-11,13H,5-8H2,1-4H3/t11?,13?,16?,17-/m1/s1. The minimum Gasteiger partial charge on any atom is -0.425 e. The summed E-state index contributed by atoms with van der Waals surface area (Å²) in [5, 5.41) is 0. The average Bonchev–Trinajstić information content (AvgIpc) is 2.71. The van der Waals surface area contributed by atoms with Crippen LogP contribution in [0.4, 0.5) is 0 Å². The summed E-state index contributed by atoms with van der Waals surface area (Å²) >= 11 is 0. The lowest BCUT2D eigenvalue weighted by Crippen LogP contribution is -2.42. The summed E-state index contributed by atoms with van der Waals surface area (Å²) in [7, 11) is 1.66. The molecule has 3 rings (SSSR count). The maximum atomic E-state index is 11.8. The lowest BCUT2D eigenvalue weighted by atomic mass is 9.68. The summed E-state index contributed by atoms with van der Waals surface area (Å²) in [4.78, 5) is 11.8. The number of methoxy groups -OCH3 is 1. The van der Waals surface area contributed by atoms with Crippen molar-refractivity contribution in [1.82, 2.24) is 0 Å². The molecule has 0 aromatic carbocycles. The van der Waals surface area contributed by atoms with Crippen molar-refractivity contribution in [1.29, 1.82) is 0 Å². The molecule has 0 saturated heterocycles. The highest BCUT2D eigenvalue weighted by molar-refractivity contribution is 5.86. The van der Waals surface area contributed by atoms with Crippen molar-refractivity contribution in [2.24, 2.45) is 17.3 Å². The van der Waals surface area contributed by atoms with E-state index in [0.29, 0.717) is 5.92 Å². The van der Waals surface area contributed by atoms with E-state index in [0.717, 1.165) is 31.3 Å². The van der Waals surface area contributed by atoms with Gasteiger partial charge >= 0.3 is 5.97 Å². The Morgan fingerprint density at radius 2 is 2.15 bits per heavy atom. The highest BCUT2D eigenvalue weighted by atomic mass is 16.7. The summed E-state index contributed by atoms with van der Waals surface area (Å²) < 4.78 is 11.4. The van der Waals surface area contributed by atoms with Crippen molar-refractivity contribution >= 4 is 5.97 Å². The van der Waals surface area contributed by atoms with E-state index in [-0.39, 0.29) is 17.3 Å². The molecule has 1 heterocycles. The molecule has 0 aromatic heterocycles.